The van der Waals surface area contributed by atoms with Crippen molar-refractivity contribution in [1.82, 2.24) is 15.1 Å². The van der Waals surface area contributed by atoms with Gasteiger partial charge in [-0.25, -0.2) is 0 Å². The van der Waals surface area contributed by atoms with Gasteiger partial charge in [0.1, 0.15) is 0 Å². The standard InChI is InChI=1S/C14H19N3O/c1-12-2-4-13(5-3-12)8-15-9-14-10-16-17(11-14)6-7-18/h2-5,10-11,15,18H,6-9H2,1H3. The van der Waals surface area contributed by atoms with Gasteiger partial charge < -0.3 is 10.4 Å². The molecular weight excluding hydrogens is 226 g/mol. The summed E-state index contributed by atoms with van der Waals surface area (Å²) in [6.07, 6.45) is 3.79. The molecule has 0 unspecified atom stereocenters. The average molecular weight is 245 g/mol. The predicted molar refractivity (Wildman–Crippen MR) is 71.0 cm³/mol. The highest BCUT2D eigenvalue weighted by atomic mass is 16.3. The Bertz CT molecular complexity index is 476. The largest absolute Gasteiger partial charge is 0.394 e. The van der Waals surface area contributed by atoms with E-state index in [0.29, 0.717) is 6.54 Å². The Morgan fingerprint density at radius 2 is 1.89 bits per heavy atom. The molecule has 2 N–H and O–H groups in total. The number of hydrogen-bond donors (Lipinski definition) is 2. The lowest BCUT2D eigenvalue weighted by atomic mass is 10.1. The fourth-order valence-corrected chi connectivity index (χ4v) is 1.78. The molecule has 2 aromatic rings. The second-order valence-corrected chi connectivity index (χ2v) is 4.42. The molecule has 0 amide bonds. The topological polar surface area (TPSA) is 50.1 Å². The lowest BCUT2D eigenvalue weighted by Crippen LogP contribution is -2.12. The number of aliphatic hydroxyl groups is 1. The van der Waals surface area contributed by atoms with Crippen LogP contribution in [0.15, 0.2) is 36.7 Å². The van der Waals surface area contributed by atoms with Crippen molar-refractivity contribution in [2.24, 2.45) is 0 Å². The number of nitrogens with zero attached hydrogens (tertiary/aromatic N) is 2. The monoisotopic (exact) mass is 245 g/mol. The third-order valence-electron chi connectivity index (χ3n) is 2.79. The summed E-state index contributed by atoms with van der Waals surface area (Å²) in [5.74, 6) is 0. The van der Waals surface area contributed by atoms with Crippen molar-refractivity contribution in [3.05, 3.63) is 53.3 Å². The van der Waals surface area contributed by atoms with Gasteiger partial charge in [0.2, 0.25) is 0 Å². The van der Waals surface area contributed by atoms with Gasteiger partial charge in [0.05, 0.1) is 19.3 Å². The van der Waals surface area contributed by atoms with E-state index >= 15 is 0 Å². The van der Waals surface area contributed by atoms with E-state index in [0.717, 1.165) is 18.7 Å². The third-order valence-corrected chi connectivity index (χ3v) is 2.79. The lowest BCUT2D eigenvalue weighted by molar-refractivity contribution is 0.269. The summed E-state index contributed by atoms with van der Waals surface area (Å²) in [5, 5.41) is 16.3. The van der Waals surface area contributed by atoms with Crippen molar-refractivity contribution in [3.8, 4) is 0 Å². The van der Waals surface area contributed by atoms with E-state index in [2.05, 4.69) is 41.6 Å². The van der Waals surface area contributed by atoms with Gasteiger partial charge in [-0.3, -0.25) is 4.68 Å². The molecule has 0 saturated carbocycles. The molecule has 1 aromatic heterocycles. The molecule has 1 heterocycles. The van der Waals surface area contributed by atoms with Crippen LogP contribution in [-0.4, -0.2) is 21.5 Å². The van der Waals surface area contributed by atoms with E-state index < -0.39 is 0 Å². The first-order valence-corrected chi connectivity index (χ1v) is 6.16. The minimum Gasteiger partial charge on any atom is -0.394 e. The Morgan fingerprint density at radius 3 is 2.61 bits per heavy atom. The number of rotatable bonds is 6. The van der Waals surface area contributed by atoms with Crippen molar-refractivity contribution in [3.63, 3.8) is 0 Å². The smallest absolute Gasteiger partial charge is 0.0640 e. The molecule has 96 valence electrons. The van der Waals surface area contributed by atoms with Crippen molar-refractivity contribution < 1.29 is 5.11 Å². The average Bonchev–Trinajstić information content (AvgIpc) is 2.80. The molecule has 1 aromatic carbocycles. The summed E-state index contributed by atoms with van der Waals surface area (Å²) in [7, 11) is 0. The minimum atomic E-state index is 0.123. The zero-order valence-electron chi connectivity index (χ0n) is 10.6. The van der Waals surface area contributed by atoms with Gasteiger partial charge in [-0.2, -0.15) is 5.10 Å². The van der Waals surface area contributed by atoms with Crippen LogP contribution in [0, 0.1) is 6.92 Å². The Labute approximate surface area is 107 Å². The number of hydrogen-bond acceptors (Lipinski definition) is 3. The Hall–Kier alpha value is -1.65. The first kappa shape index (κ1) is 12.8. The zero-order chi connectivity index (χ0) is 12.8. The zero-order valence-corrected chi connectivity index (χ0v) is 10.6. The van der Waals surface area contributed by atoms with Crippen LogP contribution >= 0.6 is 0 Å². The summed E-state index contributed by atoms with van der Waals surface area (Å²) in [4.78, 5) is 0. The molecule has 0 bridgehead atoms. The van der Waals surface area contributed by atoms with Gasteiger partial charge in [0.15, 0.2) is 0 Å². The molecular formula is C14H19N3O. The predicted octanol–water partition coefficient (Wildman–Crippen LogP) is 1.47. The molecule has 0 saturated heterocycles. The molecule has 2 rings (SSSR count). The van der Waals surface area contributed by atoms with Gasteiger partial charge >= 0.3 is 0 Å². The van der Waals surface area contributed by atoms with E-state index in [1.54, 1.807) is 4.68 Å². The van der Waals surface area contributed by atoms with Crippen LogP contribution in [0.4, 0.5) is 0 Å². The second kappa shape index (κ2) is 6.33. The molecule has 0 fully saturated rings. The molecule has 18 heavy (non-hydrogen) atoms. The SMILES string of the molecule is Cc1ccc(CNCc2cnn(CCO)c2)cc1. The van der Waals surface area contributed by atoms with Crippen molar-refractivity contribution in [1.29, 1.82) is 0 Å². The van der Waals surface area contributed by atoms with E-state index in [1.165, 1.54) is 11.1 Å². The number of aliphatic hydroxyl groups excluding tert-OH is 1. The Kier molecular flexibility index (Phi) is 4.50. The van der Waals surface area contributed by atoms with Gasteiger partial charge in [-0.05, 0) is 12.5 Å². The maximum atomic E-state index is 8.80. The van der Waals surface area contributed by atoms with Crippen LogP contribution in [-0.2, 0) is 19.6 Å². The van der Waals surface area contributed by atoms with Crippen LogP contribution in [0.1, 0.15) is 16.7 Å². The van der Waals surface area contributed by atoms with Crippen LogP contribution in [0.2, 0.25) is 0 Å². The number of aromatic nitrogens is 2. The highest BCUT2D eigenvalue weighted by Gasteiger charge is 1.98. The first-order chi connectivity index (χ1) is 8.78. The van der Waals surface area contributed by atoms with Crippen molar-refractivity contribution in [2.75, 3.05) is 6.61 Å². The lowest BCUT2D eigenvalue weighted by Gasteiger charge is -2.03. The maximum absolute atomic E-state index is 8.80. The highest BCUT2D eigenvalue weighted by Crippen LogP contribution is 2.03. The summed E-state index contributed by atoms with van der Waals surface area (Å²) in [6, 6.07) is 8.52. The number of aryl methyl sites for hydroxylation is 1. The first-order valence-electron chi connectivity index (χ1n) is 6.16. The fourth-order valence-electron chi connectivity index (χ4n) is 1.78. The van der Waals surface area contributed by atoms with Crippen molar-refractivity contribution >= 4 is 0 Å². The van der Waals surface area contributed by atoms with Crippen LogP contribution < -0.4 is 5.32 Å². The van der Waals surface area contributed by atoms with E-state index in [-0.39, 0.29) is 6.61 Å². The minimum absolute atomic E-state index is 0.123. The molecule has 0 radical (unpaired) electrons. The van der Waals surface area contributed by atoms with Crippen LogP contribution in [0.3, 0.4) is 0 Å². The quantitative estimate of drug-likeness (QED) is 0.810. The fraction of sp³-hybridized carbons (Fsp3) is 0.357. The number of benzene rings is 1. The Balaban J connectivity index is 1.79. The van der Waals surface area contributed by atoms with Gasteiger partial charge in [0.25, 0.3) is 0 Å². The molecule has 0 aliphatic heterocycles. The molecule has 0 atom stereocenters. The highest BCUT2D eigenvalue weighted by molar-refractivity contribution is 5.21. The Morgan fingerprint density at radius 1 is 1.17 bits per heavy atom. The summed E-state index contributed by atoms with van der Waals surface area (Å²) in [6.45, 7) is 4.41. The molecule has 0 spiro atoms. The van der Waals surface area contributed by atoms with Crippen LogP contribution in [0.5, 0.6) is 0 Å². The molecule has 4 heteroatoms. The van der Waals surface area contributed by atoms with E-state index in [4.69, 9.17) is 5.11 Å². The molecule has 0 aliphatic carbocycles. The summed E-state index contributed by atoms with van der Waals surface area (Å²) >= 11 is 0. The third kappa shape index (κ3) is 3.68. The number of nitrogens with one attached hydrogen (secondary N) is 1. The summed E-state index contributed by atoms with van der Waals surface area (Å²) in [5.41, 5.74) is 3.70. The van der Waals surface area contributed by atoms with Gasteiger partial charge in [-0.15, -0.1) is 0 Å². The maximum Gasteiger partial charge on any atom is 0.0640 e. The van der Waals surface area contributed by atoms with E-state index in [9.17, 15) is 0 Å². The van der Waals surface area contributed by atoms with Gasteiger partial charge in [0, 0.05) is 24.8 Å². The molecule has 0 aliphatic rings. The van der Waals surface area contributed by atoms with Gasteiger partial charge in [-0.1, -0.05) is 29.8 Å². The normalized spacial score (nSPS) is 10.8. The van der Waals surface area contributed by atoms with Crippen LogP contribution in [0.25, 0.3) is 0 Å². The van der Waals surface area contributed by atoms with Crippen molar-refractivity contribution in [2.45, 2.75) is 26.6 Å². The second-order valence-electron chi connectivity index (χ2n) is 4.42. The summed E-state index contributed by atoms with van der Waals surface area (Å²) < 4.78 is 1.75. The van der Waals surface area contributed by atoms with E-state index in [1.807, 2.05) is 12.4 Å². The molecule has 4 nitrogen and oxygen atoms in total.